The van der Waals surface area contributed by atoms with E-state index in [2.05, 4.69) is 79.4 Å². The molecule has 0 aliphatic heterocycles. The van der Waals surface area contributed by atoms with Gasteiger partial charge in [0.05, 0.1) is 0 Å². The van der Waals surface area contributed by atoms with Gasteiger partial charge in [0, 0.05) is 0 Å². The fourth-order valence-corrected chi connectivity index (χ4v) is 2.35. The molecular formula is C20H16. The van der Waals surface area contributed by atoms with Crippen LogP contribution in [0, 0.1) is 0 Å². The van der Waals surface area contributed by atoms with Crippen LogP contribution in [0.25, 0.3) is 28.3 Å². The maximum atomic E-state index is 3.83. The minimum absolute atomic E-state index is 1.15. The van der Waals surface area contributed by atoms with Crippen LogP contribution in [0.2, 0.25) is 0 Å². The molecule has 0 aliphatic carbocycles. The minimum Gasteiger partial charge on any atom is -0.0985 e. The van der Waals surface area contributed by atoms with Crippen molar-refractivity contribution in [3.05, 3.63) is 91.0 Å². The molecule has 3 aromatic rings. The Bertz CT molecular complexity index is 724. The zero-order valence-corrected chi connectivity index (χ0v) is 11.3. The number of hydrogen-bond acceptors (Lipinski definition) is 0. The predicted molar refractivity (Wildman–Crippen MR) is 87.4 cm³/mol. The van der Waals surface area contributed by atoms with Gasteiger partial charge in [0.2, 0.25) is 0 Å². The van der Waals surface area contributed by atoms with Crippen LogP contribution in [0.3, 0.4) is 0 Å². The van der Waals surface area contributed by atoms with Crippen LogP contribution in [0.5, 0.6) is 0 Å². The molecule has 0 heterocycles. The highest BCUT2D eigenvalue weighted by Crippen LogP contribution is 2.26. The van der Waals surface area contributed by atoms with E-state index < -0.39 is 0 Å². The first kappa shape index (κ1) is 12.4. The molecule has 0 heteroatoms. The van der Waals surface area contributed by atoms with Crippen molar-refractivity contribution in [2.45, 2.75) is 0 Å². The monoisotopic (exact) mass is 256 g/mol. The second kappa shape index (κ2) is 5.58. The van der Waals surface area contributed by atoms with E-state index >= 15 is 0 Å². The van der Waals surface area contributed by atoms with Gasteiger partial charge in [-0.3, -0.25) is 0 Å². The Hall–Kier alpha value is -2.60. The molecule has 0 amide bonds. The van der Waals surface area contributed by atoms with Crippen LogP contribution in [0.15, 0.2) is 85.4 Å². The quantitative estimate of drug-likeness (QED) is 0.567. The molecule has 0 bridgehead atoms. The second-order valence-electron chi connectivity index (χ2n) is 4.78. The summed E-state index contributed by atoms with van der Waals surface area (Å²) in [6, 6.07) is 27.5. The lowest BCUT2D eigenvalue weighted by molar-refractivity contribution is 1.58. The van der Waals surface area contributed by atoms with E-state index in [1.165, 1.54) is 22.3 Å². The molecule has 0 aliphatic rings. The van der Waals surface area contributed by atoms with Crippen LogP contribution < -0.4 is 0 Å². The number of hydrogen-bond donors (Lipinski definition) is 0. The predicted octanol–water partition coefficient (Wildman–Crippen LogP) is 5.66. The third-order valence-corrected chi connectivity index (χ3v) is 3.43. The average Bonchev–Trinajstić information content (AvgIpc) is 2.56. The SMILES string of the molecule is C=Cc1cccc(-c2cccc(-c3ccccc3)c2)c1. The van der Waals surface area contributed by atoms with Crippen molar-refractivity contribution in [3.8, 4) is 22.3 Å². The van der Waals surface area contributed by atoms with Crippen molar-refractivity contribution >= 4 is 6.08 Å². The summed E-state index contributed by atoms with van der Waals surface area (Å²) >= 11 is 0. The molecule has 0 nitrogen and oxygen atoms in total. The summed E-state index contributed by atoms with van der Waals surface area (Å²) in [5.74, 6) is 0. The molecule has 0 saturated heterocycles. The van der Waals surface area contributed by atoms with Gasteiger partial charge in [-0.05, 0) is 39.9 Å². The summed E-state index contributed by atoms with van der Waals surface area (Å²) in [6.07, 6.45) is 1.88. The van der Waals surface area contributed by atoms with Crippen molar-refractivity contribution in [1.29, 1.82) is 0 Å². The Morgan fingerprint density at radius 3 is 1.80 bits per heavy atom. The Morgan fingerprint density at radius 1 is 0.550 bits per heavy atom. The van der Waals surface area contributed by atoms with E-state index in [-0.39, 0.29) is 0 Å². The Morgan fingerprint density at radius 2 is 1.10 bits per heavy atom. The zero-order valence-electron chi connectivity index (χ0n) is 11.3. The van der Waals surface area contributed by atoms with E-state index in [4.69, 9.17) is 0 Å². The molecule has 0 unspecified atom stereocenters. The average molecular weight is 256 g/mol. The molecular weight excluding hydrogens is 240 g/mol. The molecule has 0 radical (unpaired) electrons. The summed E-state index contributed by atoms with van der Waals surface area (Å²) < 4.78 is 0. The highest BCUT2D eigenvalue weighted by atomic mass is 14.1. The van der Waals surface area contributed by atoms with Crippen molar-refractivity contribution < 1.29 is 0 Å². The number of rotatable bonds is 3. The molecule has 0 atom stereocenters. The molecule has 20 heavy (non-hydrogen) atoms. The molecule has 3 rings (SSSR count). The molecule has 3 aromatic carbocycles. The molecule has 0 saturated carbocycles. The minimum atomic E-state index is 1.15. The lowest BCUT2D eigenvalue weighted by Gasteiger charge is -2.07. The molecule has 0 fully saturated rings. The summed E-state index contributed by atoms with van der Waals surface area (Å²) in [6.45, 7) is 3.83. The van der Waals surface area contributed by atoms with E-state index in [1.54, 1.807) is 0 Å². The third-order valence-electron chi connectivity index (χ3n) is 3.43. The van der Waals surface area contributed by atoms with Gasteiger partial charge in [-0.15, -0.1) is 0 Å². The smallest absolute Gasteiger partial charge is 0.0178 e. The second-order valence-corrected chi connectivity index (χ2v) is 4.78. The van der Waals surface area contributed by atoms with Crippen molar-refractivity contribution in [2.24, 2.45) is 0 Å². The molecule has 0 N–H and O–H groups in total. The van der Waals surface area contributed by atoms with E-state index in [1.807, 2.05) is 12.1 Å². The first-order valence-corrected chi connectivity index (χ1v) is 6.75. The van der Waals surface area contributed by atoms with Gasteiger partial charge in [0.1, 0.15) is 0 Å². The summed E-state index contributed by atoms with van der Waals surface area (Å²) in [5, 5.41) is 0. The Kier molecular flexibility index (Phi) is 3.47. The molecule has 0 spiro atoms. The van der Waals surface area contributed by atoms with E-state index in [0.29, 0.717) is 0 Å². The Labute approximate surface area is 120 Å². The topological polar surface area (TPSA) is 0 Å². The van der Waals surface area contributed by atoms with Gasteiger partial charge in [0.25, 0.3) is 0 Å². The van der Waals surface area contributed by atoms with Gasteiger partial charge < -0.3 is 0 Å². The van der Waals surface area contributed by atoms with Gasteiger partial charge >= 0.3 is 0 Å². The first-order valence-electron chi connectivity index (χ1n) is 6.75. The lowest BCUT2D eigenvalue weighted by Crippen LogP contribution is -1.82. The Balaban J connectivity index is 2.05. The van der Waals surface area contributed by atoms with Crippen molar-refractivity contribution in [1.82, 2.24) is 0 Å². The van der Waals surface area contributed by atoms with Crippen LogP contribution in [0.4, 0.5) is 0 Å². The normalized spacial score (nSPS) is 10.2. The van der Waals surface area contributed by atoms with Gasteiger partial charge in [0.15, 0.2) is 0 Å². The van der Waals surface area contributed by atoms with E-state index in [0.717, 1.165) is 5.56 Å². The molecule has 96 valence electrons. The fourth-order valence-electron chi connectivity index (χ4n) is 2.35. The zero-order chi connectivity index (χ0) is 13.8. The van der Waals surface area contributed by atoms with Crippen molar-refractivity contribution in [2.75, 3.05) is 0 Å². The van der Waals surface area contributed by atoms with Crippen LogP contribution in [-0.4, -0.2) is 0 Å². The lowest BCUT2D eigenvalue weighted by atomic mass is 9.98. The van der Waals surface area contributed by atoms with Crippen LogP contribution in [0.1, 0.15) is 5.56 Å². The van der Waals surface area contributed by atoms with Crippen LogP contribution in [-0.2, 0) is 0 Å². The van der Waals surface area contributed by atoms with Gasteiger partial charge in [-0.25, -0.2) is 0 Å². The standard InChI is InChI=1S/C20H16/c1-2-16-8-6-11-18(14-16)20-13-7-12-19(15-20)17-9-4-3-5-10-17/h2-15H,1H2. The van der Waals surface area contributed by atoms with Crippen LogP contribution >= 0.6 is 0 Å². The summed E-state index contributed by atoms with van der Waals surface area (Å²) in [4.78, 5) is 0. The first-order chi connectivity index (χ1) is 9.86. The fraction of sp³-hybridized carbons (Fsp3) is 0. The highest BCUT2D eigenvalue weighted by Gasteiger charge is 2.01. The summed E-state index contributed by atoms with van der Waals surface area (Å²) in [7, 11) is 0. The van der Waals surface area contributed by atoms with Crippen molar-refractivity contribution in [3.63, 3.8) is 0 Å². The maximum Gasteiger partial charge on any atom is -0.0178 e. The largest absolute Gasteiger partial charge is 0.0985 e. The maximum absolute atomic E-state index is 3.83. The summed E-state index contributed by atoms with van der Waals surface area (Å²) in [5.41, 5.74) is 6.09. The number of benzene rings is 3. The highest BCUT2D eigenvalue weighted by molar-refractivity contribution is 5.74. The molecule has 0 aromatic heterocycles. The van der Waals surface area contributed by atoms with Gasteiger partial charge in [-0.2, -0.15) is 0 Å². The van der Waals surface area contributed by atoms with Gasteiger partial charge in [-0.1, -0.05) is 79.4 Å². The third kappa shape index (κ3) is 2.55. The van der Waals surface area contributed by atoms with E-state index in [9.17, 15) is 0 Å².